The maximum absolute atomic E-state index is 10.8. The Morgan fingerprint density at radius 3 is 3.09 bits per heavy atom. The molecule has 0 aliphatic rings. The van der Waals surface area contributed by atoms with Gasteiger partial charge >= 0.3 is 6.09 Å². The normalized spacial score (nSPS) is 10.5. The first kappa shape index (κ1) is 16.2. The number of thiazole rings is 1. The van der Waals surface area contributed by atoms with Crippen molar-refractivity contribution >= 4 is 28.4 Å². The molecule has 0 unspecified atom stereocenters. The number of nitrogens with one attached hydrogen (secondary N) is 3. The highest BCUT2D eigenvalue weighted by atomic mass is 32.1. The van der Waals surface area contributed by atoms with E-state index in [2.05, 4.69) is 30.6 Å². The van der Waals surface area contributed by atoms with Crippen molar-refractivity contribution in [3.63, 3.8) is 0 Å². The lowest BCUT2D eigenvalue weighted by Gasteiger charge is -2.04. The zero-order valence-corrected chi connectivity index (χ0v) is 13.3. The molecule has 8 nitrogen and oxygen atoms in total. The number of aromatic amines is 1. The van der Waals surface area contributed by atoms with Crippen LogP contribution in [0.15, 0.2) is 11.4 Å². The molecule has 0 aliphatic carbocycles. The van der Waals surface area contributed by atoms with Gasteiger partial charge in [-0.3, -0.25) is 5.10 Å². The van der Waals surface area contributed by atoms with Gasteiger partial charge in [0.1, 0.15) is 0 Å². The Labute approximate surface area is 132 Å². The summed E-state index contributed by atoms with van der Waals surface area (Å²) in [5.74, 6) is 0.744. The van der Waals surface area contributed by atoms with Crippen LogP contribution in [0.2, 0.25) is 0 Å². The molecular formula is C13H19N5O3S. The quantitative estimate of drug-likeness (QED) is 0.643. The Morgan fingerprint density at radius 1 is 1.50 bits per heavy atom. The van der Waals surface area contributed by atoms with E-state index in [4.69, 9.17) is 4.74 Å². The summed E-state index contributed by atoms with van der Waals surface area (Å²) in [6.07, 6.45) is 0.292. The molecule has 0 spiro atoms. The second kappa shape index (κ2) is 8.35. The Bertz CT molecular complexity index is 598. The van der Waals surface area contributed by atoms with Crippen molar-refractivity contribution in [2.75, 3.05) is 25.6 Å². The molecule has 0 saturated carbocycles. The highest BCUT2D eigenvalue weighted by Crippen LogP contribution is 2.20. The van der Waals surface area contributed by atoms with Crippen LogP contribution in [0.25, 0.3) is 0 Å². The number of H-pyrrole nitrogens is 1. The number of ether oxygens (including phenoxy) is 2. The molecule has 22 heavy (non-hydrogen) atoms. The summed E-state index contributed by atoms with van der Waals surface area (Å²) in [7, 11) is 1.34. The van der Waals surface area contributed by atoms with Crippen molar-refractivity contribution in [1.29, 1.82) is 0 Å². The molecule has 2 aromatic heterocycles. The van der Waals surface area contributed by atoms with Gasteiger partial charge in [0.05, 0.1) is 19.4 Å². The lowest BCUT2D eigenvalue weighted by atomic mass is 10.4. The molecule has 0 saturated heterocycles. The van der Waals surface area contributed by atoms with Gasteiger partial charge in [0, 0.05) is 30.3 Å². The number of carbonyl (C=O) groups is 1. The Hall–Kier alpha value is -2.13. The number of aromatic nitrogens is 3. The second-order valence-corrected chi connectivity index (χ2v) is 5.39. The summed E-state index contributed by atoms with van der Waals surface area (Å²) in [5, 5.41) is 15.4. The average Bonchev–Trinajstić information content (AvgIpc) is 3.12. The van der Waals surface area contributed by atoms with Gasteiger partial charge in [-0.25, -0.2) is 9.78 Å². The molecule has 0 aromatic carbocycles. The van der Waals surface area contributed by atoms with Crippen LogP contribution in [0.1, 0.15) is 17.8 Å². The van der Waals surface area contributed by atoms with E-state index in [1.165, 1.54) is 18.4 Å². The first-order chi connectivity index (χ1) is 10.7. The lowest BCUT2D eigenvalue weighted by molar-refractivity contribution is 0.115. The molecule has 2 rings (SSSR count). The first-order valence-corrected chi connectivity index (χ1v) is 7.68. The molecule has 9 heteroatoms. The van der Waals surface area contributed by atoms with Gasteiger partial charge in [-0.2, -0.15) is 5.10 Å². The van der Waals surface area contributed by atoms with Crippen molar-refractivity contribution in [2.24, 2.45) is 0 Å². The standard InChI is InChI=1S/C13H19N5O3S/c1-9-6-11(18-17-9)16-12-15-10(8-22-12)7-21-5-3-4-14-13(19)20-2/h6,8H,3-5,7H2,1-2H3,(H,14,19)(H2,15,16,17,18). The fourth-order valence-electron chi connectivity index (χ4n) is 1.64. The smallest absolute Gasteiger partial charge is 0.406 e. The minimum absolute atomic E-state index is 0.427. The number of amides is 1. The zero-order chi connectivity index (χ0) is 15.8. The summed E-state index contributed by atoms with van der Waals surface area (Å²) in [6, 6.07) is 1.91. The minimum atomic E-state index is -0.427. The van der Waals surface area contributed by atoms with Gasteiger partial charge < -0.3 is 20.1 Å². The summed E-state index contributed by atoms with van der Waals surface area (Å²) < 4.78 is 9.97. The maximum Gasteiger partial charge on any atom is 0.406 e. The van der Waals surface area contributed by atoms with Crippen LogP contribution >= 0.6 is 11.3 Å². The first-order valence-electron chi connectivity index (χ1n) is 6.80. The van der Waals surface area contributed by atoms with Crippen LogP contribution in [-0.4, -0.2) is 41.5 Å². The zero-order valence-electron chi connectivity index (χ0n) is 12.5. The summed E-state index contributed by atoms with van der Waals surface area (Å²) in [5.41, 5.74) is 1.85. The van der Waals surface area contributed by atoms with Crippen LogP contribution in [-0.2, 0) is 16.1 Å². The molecule has 0 radical (unpaired) electrons. The molecule has 2 aromatic rings. The third-order valence-electron chi connectivity index (χ3n) is 2.66. The van der Waals surface area contributed by atoms with Gasteiger partial charge in [-0.05, 0) is 13.3 Å². The van der Waals surface area contributed by atoms with E-state index < -0.39 is 6.09 Å². The molecule has 2 heterocycles. The molecular weight excluding hydrogens is 306 g/mol. The van der Waals surface area contributed by atoms with Crippen LogP contribution in [0.4, 0.5) is 15.7 Å². The van der Waals surface area contributed by atoms with Gasteiger partial charge in [0.2, 0.25) is 0 Å². The monoisotopic (exact) mass is 325 g/mol. The van der Waals surface area contributed by atoms with E-state index in [-0.39, 0.29) is 0 Å². The number of methoxy groups -OCH3 is 1. The number of hydrogen-bond acceptors (Lipinski definition) is 7. The maximum atomic E-state index is 10.8. The predicted octanol–water partition coefficient (Wildman–Crippen LogP) is 2.18. The number of anilines is 2. The predicted molar refractivity (Wildman–Crippen MR) is 83.4 cm³/mol. The highest BCUT2D eigenvalue weighted by molar-refractivity contribution is 7.13. The third-order valence-corrected chi connectivity index (χ3v) is 3.47. The molecule has 0 bridgehead atoms. The van der Waals surface area contributed by atoms with Crippen molar-refractivity contribution in [3.05, 3.63) is 22.8 Å². The summed E-state index contributed by atoms with van der Waals surface area (Å²) in [6.45, 7) is 3.45. The van der Waals surface area contributed by atoms with E-state index in [0.717, 1.165) is 28.8 Å². The van der Waals surface area contributed by atoms with Gasteiger partial charge in [-0.15, -0.1) is 11.3 Å². The van der Waals surface area contributed by atoms with Crippen molar-refractivity contribution < 1.29 is 14.3 Å². The summed E-state index contributed by atoms with van der Waals surface area (Å²) in [4.78, 5) is 15.2. The van der Waals surface area contributed by atoms with E-state index in [9.17, 15) is 4.79 Å². The van der Waals surface area contributed by atoms with Crippen LogP contribution in [0.3, 0.4) is 0 Å². The van der Waals surface area contributed by atoms with E-state index >= 15 is 0 Å². The number of rotatable bonds is 8. The van der Waals surface area contributed by atoms with E-state index in [1.54, 1.807) is 0 Å². The largest absolute Gasteiger partial charge is 0.453 e. The average molecular weight is 325 g/mol. The molecule has 1 amide bonds. The molecule has 0 aliphatic heterocycles. The van der Waals surface area contributed by atoms with E-state index in [0.29, 0.717) is 19.8 Å². The third kappa shape index (κ3) is 5.34. The van der Waals surface area contributed by atoms with Gasteiger partial charge in [-0.1, -0.05) is 0 Å². The number of nitrogens with zero attached hydrogens (tertiary/aromatic N) is 2. The van der Waals surface area contributed by atoms with E-state index in [1.807, 2.05) is 18.4 Å². The second-order valence-electron chi connectivity index (χ2n) is 4.53. The Morgan fingerprint density at radius 2 is 2.36 bits per heavy atom. The number of carbonyl (C=O) groups excluding carboxylic acids is 1. The minimum Gasteiger partial charge on any atom is -0.453 e. The van der Waals surface area contributed by atoms with Crippen molar-refractivity contribution in [2.45, 2.75) is 20.0 Å². The SMILES string of the molecule is COC(=O)NCCCOCc1csc(Nc2cc(C)[nH]n2)n1. The fourth-order valence-corrected chi connectivity index (χ4v) is 2.34. The molecule has 0 atom stereocenters. The van der Waals surface area contributed by atoms with Gasteiger partial charge in [0.15, 0.2) is 10.9 Å². The highest BCUT2D eigenvalue weighted by Gasteiger charge is 2.04. The van der Waals surface area contributed by atoms with Crippen LogP contribution in [0.5, 0.6) is 0 Å². The number of aryl methyl sites for hydroxylation is 1. The van der Waals surface area contributed by atoms with Gasteiger partial charge in [0.25, 0.3) is 0 Å². The number of hydrogen-bond donors (Lipinski definition) is 3. The Kier molecular flexibility index (Phi) is 6.16. The summed E-state index contributed by atoms with van der Waals surface area (Å²) >= 11 is 1.50. The Balaban J connectivity index is 1.64. The molecule has 3 N–H and O–H groups in total. The fraction of sp³-hybridized carbons (Fsp3) is 0.462. The van der Waals surface area contributed by atoms with Crippen molar-refractivity contribution in [1.82, 2.24) is 20.5 Å². The van der Waals surface area contributed by atoms with Crippen molar-refractivity contribution in [3.8, 4) is 0 Å². The topological polar surface area (TPSA) is 101 Å². The molecule has 120 valence electrons. The number of alkyl carbamates (subject to hydrolysis) is 1. The van der Waals surface area contributed by atoms with Crippen LogP contribution < -0.4 is 10.6 Å². The lowest BCUT2D eigenvalue weighted by Crippen LogP contribution is -2.24. The molecule has 0 fully saturated rings. The van der Waals surface area contributed by atoms with Crippen LogP contribution in [0, 0.1) is 6.92 Å².